The number of nitrogens with zero attached hydrogens (tertiary/aromatic N) is 2. The predicted molar refractivity (Wildman–Crippen MR) is 119 cm³/mol. The van der Waals surface area contributed by atoms with E-state index in [0.717, 1.165) is 4.90 Å². The van der Waals surface area contributed by atoms with Crippen molar-refractivity contribution >= 4 is 23.5 Å². The average Bonchev–Trinajstić information content (AvgIpc) is 3.39. The second-order valence-corrected chi connectivity index (χ2v) is 9.03. The third kappa shape index (κ3) is 6.84. The third-order valence-electron chi connectivity index (χ3n) is 5.53. The molecule has 0 bridgehead atoms. The fraction of sp³-hybridized carbons (Fsp3) is 0.682. The molecule has 0 aromatic carbocycles. The van der Waals surface area contributed by atoms with Gasteiger partial charge in [0.1, 0.15) is 23.4 Å². The zero-order valence-electron chi connectivity index (χ0n) is 20.4. The number of rotatable bonds is 13. The first-order valence-electron chi connectivity index (χ1n) is 11.0. The number of aliphatic hydroxyl groups is 1. The summed E-state index contributed by atoms with van der Waals surface area (Å²) in [4.78, 5) is 52.4. The maximum absolute atomic E-state index is 13.1. The zero-order valence-corrected chi connectivity index (χ0v) is 20.4. The highest BCUT2D eigenvalue weighted by Gasteiger charge is 2.50. The van der Waals surface area contributed by atoms with Gasteiger partial charge in [0.05, 0.1) is 25.9 Å². The number of aryl methyl sites for hydroxylation is 1. The SMILES string of the molecule is COC[C@@H](C(=O)N[C@@H](CC(C)C)C(=O)[C@@]1(C)CO1)N(C)C(=O)[C@H](CO)NC(=O)c1cc(C)on1. The number of epoxide rings is 1. The van der Waals surface area contributed by atoms with Crippen molar-refractivity contribution in [2.45, 2.75) is 57.8 Å². The van der Waals surface area contributed by atoms with Crippen LogP contribution in [-0.2, 0) is 23.9 Å². The van der Waals surface area contributed by atoms with Crippen molar-refractivity contribution in [1.82, 2.24) is 20.7 Å². The van der Waals surface area contributed by atoms with E-state index in [1.54, 1.807) is 13.8 Å². The third-order valence-corrected chi connectivity index (χ3v) is 5.53. The molecule has 0 spiro atoms. The highest BCUT2D eigenvalue weighted by molar-refractivity contribution is 5.99. The molecule has 34 heavy (non-hydrogen) atoms. The minimum atomic E-state index is -1.34. The van der Waals surface area contributed by atoms with E-state index in [1.165, 1.54) is 20.2 Å². The topological polar surface area (TPSA) is 164 Å². The molecule has 190 valence electrons. The summed E-state index contributed by atoms with van der Waals surface area (Å²) in [5.41, 5.74) is -0.972. The van der Waals surface area contributed by atoms with Gasteiger partial charge >= 0.3 is 0 Å². The number of carbonyl (C=O) groups is 4. The van der Waals surface area contributed by atoms with E-state index in [0.29, 0.717) is 18.8 Å². The lowest BCUT2D eigenvalue weighted by Gasteiger charge is -2.31. The first-order chi connectivity index (χ1) is 15.9. The van der Waals surface area contributed by atoms with Crippen LogP contribution in [0.1, 0.15) is 43.4 Å². The van der Waals surface area contributed by atoms with Crippen LogP contribution in [0.2, 0.25) is 0 Å². The number of aromatic nitrogens is 1. The Bertz CT molecular complexity index is 895. The number of ether oxygens (including phenoxy) is 2. The van der Waals surface area contributed by atoms with Gasteiger partial charge in [-0.25, -0.2) is 0 Å². The van der Waals surface area contributed by atoms with Crippen molar-refractivity contribution in [3.05, 3.63) is 17.5 Å². The number of nitrogens with one attached hydrogen (secondary N) is 2. The summed E-state index contributed by atoms with van der Waals surface area (Å²) in [7, 11) is 2.72. The van der Waals surface area contributed by atoms with Crippen LogP contribution >= 0.6 is 0 Å². The molecule has 2 rings (SSSR count). The molecule has 0 saturated carbocycles. The van der Waals surface area contributed by atoms with Gasteiger partial charge in [0.25, 0.3) is 5.91 Å². The summed E-state index contributed by atoms with van der Waals surface area (Å²) in [6, 6.07) is -1.87. The van der Waals surface area contributed by atoms with Gasteiger partial charge in [-0.05, 0) is 26.2 Å². The molecule has 0 radical (unpaired) electrons. The normalized spacial score (nSPS) is 19.8. The van der Waals surface area contributed by atoms with Crippen molar-refractivity contribution in [2.24, 2.45) is 5.92 Å². The van der Waals surface area contributed by atoms with E-state index < -0.39 is 48.1 Å². The van der Waals surface area contributed by atoms with Crippen LogP contribution < -0.4 is 10.6 Å². The van der Waals surface area contributed by atoms with Gasteiger partial charge in [-0.2, -0.15) is 0 Å². The zero-order chi connectivity index (χ0) is 25.6. The molecule has 12 heteroatoms. The van der Waals surface area contributed by atoms with Crippen LogP contribution in [-0.4, -0.2) is 96.4 Å². The largest absolute Gasteiger partial charge is 0.394 e. The molecule has 1 aromatic rings. The molecule has 2 heterocycles. The molecule has 4 atom stereocenters. The predicted octanol–water partition coefficient (Wildman–Crippen LogP) is -0.564. The fourth-order valence-electron chi connectivity index (χ4n) is 3.40. The Morgan fingerprint density at radius 2 is 1.91 bits per heavy atom. The second-order valence-electron chi connectivity index (χ2n) is 9.03. The standard InChI is InChI=1S/C22H34N4O8/c1-12(2)7-14(18(28)22(4)11-33-22)23-20(30)17(10-32-6)26(5)21(31)16(9-27)24-19(29)15-8-13(3)34-25-15/h8,12,14,16-17,27H,7,9-11H2,1-6H3,(H,23,30)(H,24,29)/t14-,16-,17-,22+/m0/s1. The van der Waals surface area contributed by atoms with Crippen LogP contribution in [0.4, 0.5) is 0 Å². The Kier molecular flexibility index (Phi) is 9.30. The second kappa shape index (κ2) is 11.5. The van der Waals surface area contributed by atoms with Crippen molar-refractivity contribution in [1.29, 1.82) is 0 Å². The molecule has 1 saturated heterocycles. The Hall–Kier alpha value is -2.83. The number of amides is 3. The lowest BCUT2D eigenvalue weighted by molar-refractivity contribution is -0.144. The lowest BCUT2D eigenvalue weighted by atomic mass is 9.93. The van der Waals surface area contributed by atoms with Crippen LogP contribution in [0.3, 0.4) is 0 Å². The van der Waals surface area contributed by atoms with Gasteiger partial charge in [-0.1, -0.05) is 19.0 Å². The average molecular weight is 483 g/mol. The highest BCUT2D eigenvalue weighted by atomic mass is 16.6. The Balaban J connectivity index is 2.13. The maximum Gasteiger partial charge on any atom is 0.274 e. The summed E-state index contributed by atoms with van der Waals surface area (Å²) in [6.45, 7) is 6.54. The molecular formula is C22H34N4O8. The van der Waals surface area contributed by atoms with E-state index in [2.05, 4.69) is 15.8 Å². The number of carbonyl (C=O) groups excluding carboxylic acids is 4. The molecule has 12 nitrogen and oxygen atoms in total. The molecule has 1 aliphatic rings. The number of hydrogen-bond donors (Lipinski definition) is 3. The molecule has 1 fully saturated rings. The molecule has 0 aliphatic carbocycles. The van der Waals surface area contributed by atoms with Gasteiger partial charge in [0.2, 0.25) is 11.8 Å². The quantitative estimate of drug-likeness (QED) is 0.313. The Morgan fingerprint density at radius 1 is 1.26 bits per heavy atom. The Labute approximate surface area is 198 Å². The summed E-state index contributed by atoms with van der Waals surface area (Å²) in [6.07, 6.45) is 0.396. The van der Waals surface area contributed by atoms with Crippen molar-refractivity contribution in [2.75, 3.05) is 34.0 Å². The van der Waals surface area contributed by atoms with Gasteiger partial charge < -0.3 is 34.6 Å². The Morgan fingerprint density at radius 3 is 2.38 bits per heavy atom. The summed E-state index contributed by atoms with van der Waals surface area (Å²) >= 11 is 0. The minimum Gasteiger partial charge on any atom is -0.394 e. The number of ketones is 1. The first kappa shape index (κ1) is 27.4. The smallest absolute Gasteiger partial charge is 0.274 e. The van der Waals surface area contributed by atoms with Crippen molar-refractivity contribution in [3.63, 3.8) is 0 Å². The molecule has 1 aliphatic heterocycles. The summed E-state index contributed by atoms with van der Waals surface area (Å²) < 4.78 is 15.2. The van der Waals surface area contributed by atoms with E-state index in [1.807, 2.05) is 13.8 Å². The fourth-order valence-corrected chi connectivity index (χ4v) is 3.40. The van der Waals surface area contributed by atoms with Gasteiger partial charge in [-0.3, -0.25) is 19.2 Å². The van der Waals surface area contributed by atoms with Gasteiger partial charge in [0, 0.05) is 20.2 Å². The highest BCUT2D eigenvalue weighted by Crippen LogP contribution is 2.29. The van der Waals surface area contributed by atoms with Crippen LogP contribution in [0, 0.1) is 12.8 Å². The monoisotopic (exact) mass is 482 g/mol. The van der Waals surface area contributed by atoms with Gasteiger partial charge in [-0.15, -0.1) is 0 Å². The number of methoxy groups -OCH3 is 1. The van der Waals surface area contributed by atoms with E-state index >= 15 is 0 Å². The molecule has 1 aromatic heterocycles. The number of aliphatic hydroxyl groups excluding tert-OH is 1. The van der Waals surface area contributed by atoms with Crippen molar-refractivity contribution < 1.29 is 38.3 Å². The molecule has 3 N–H and O–H groups in total. The van der Waals surface area contributed by atoms with Gasteiger partial charge in [0.15, 0.2) is 11.5 Å². The van der Waals surface area contributed by atoms with E-state index in [9.17, 15) is 24.3 Å². The van der Waals surface area contributed by atoms with Crippen molar-refractivity contribution in [3.8, 4) is 0 Å². The summed E-state index contributed by atoms with van der Waals surface area (Å²) in [5.74, 6) is -1.75. The van der Waals surface area contributed by atoms with E-state index in [-0.39, 0.29) is 24.0 Å². The molecular weight excluding hydrogens is 448 g/mol. The van der Waals surface area contributed by atoms with E-state index in [4.69, 9.17) is 14.0 Å². The molecule has 0 unspecified atom stereocenters. The van der Waals surface area contributed by atoms with Crippen LogP contribution in [0.15, 0.2) is 10.6 Å². The number of Topliss-reactive ketones (excluding diaryl/α,β-unsaturated/α-hetero) is 1. The first-order valence-corrected chi connectivity index (χ1v) is 11.0. The van der Waals surface area contributed by atoms with Crippen LogP contribution in [0.5, 0.6) is 0 Å². The lowest BCUT2D eigenvalue weighted by Crippen LogP contribution is -2.59. The molecule has 3 amide bonds. The maximum atomic E-state index is 13.1. The van der Waals surface area contributed by atoms with Crippen LogP contribution in [0.25, 0.3) is 0 Å². The number of hydrogen-bond acceptors (Lipinski definition) is 9. The number of likely N-dealkylation sites (N-methyl/N-ethyl adjacent to an activating group) is 1. The summed E-state index contributed by atoms with van der Waals surface area (Å²) in [5, 5.41) is 18.4. The minimum absolute atomic E-state index is 0.0524.